The second-order valence-electron chi connectivity index (χ2n) is 7.36. The fourth-order valence-electron chi connectivity index (χ4n) is 4.16. The van der Waals surface area contributed by atoms with Crippen LogP contribution in [0.5, 0.6) is 0 Å². The maximum atomic E-state index is 13.3. The summed E-state index contributed by atoms with van der Waals surface area (Å²) in [5.41, 5.74) is 0.0205. The lowest BCUT2D eigenvalue weighted by molar-refractivity contribution is -0.137. The molecule has 0 bridgehead atoms. The summed E-state index contributed by atoms with van der Waals surface area (Å²) >= 11 is 0. The first-order chi connectivity index (χ1) is 12.9. The van der Waals surface area contributed by atoms with Crippen molar-refractivity contribution in [3.05, 3.63) is 53.2 Å². The molecule has 1 spiro atoms. The minimum atomic E-state index is -4.38. The number of halogens is 3. The summed E-state index contributed by atoms with van der Waals surface area (Å²) in [5, 5.41) is 0. The van der Waals surface area contributed by atoms with E-state index in [4.69, 9.17) is 9.15 Å². The number of hydrogen-bond acceptors (Lipinski definition) is 4. The second-order valence-corrected chi connectivity index (χ2v) is 7.36. The molecular weight excluding hydrogens is 357 g/mol. The smallest absolute Gasteiger partial charge is 0.416 e. The molecule has 2 aliphatic rings. The molecule has 0 radical (unpaired) electrons. The predicted octanol–water partition coefficient (Wildman–Crippen LogP) is 4.90. The molecule has 2 aromatic rings. The Bertz CT molecular complexity index is 781. The number of piperidine rings is 1. The number of oxazole rings is 1. The molecule has 27 heavy (non-hydrogen) atoms. The van der Waals surface area contributed by atoms with Crippen molar-refractivity contribution < 1.29 is 22.3 Å². The van der Waals surface area contributed by atoms with E-state index in [0.717, 1.165) is 44.1 Å². The molecule has 1 aromatic carbocycles. The second kappa shape index (κ2) is 6.95. The van der Waals surface area contributed by atoms with E-state index in [1.54, 1.807) is 0 Å². The molecule has 4 nitrogen and oxygen atoms in total. The Hall–Kier alpha value is -1.86. The molecule has 2 aliphatic heterocycles. The van der Waals surface area contributed by atoms with E-state index in [9.17, 15) is 13.2 Å². The molecule has 1 saturated heterocycles. The Labute approximate surface area is 156 Å². The number of alkyl halides is 3. The molecule has 7 heteroatoms. The van der Waals surface area contributed by atoms with Gasteiger partial charge in [-0.25, -0.2) is 4.98 Å². The van der Waals surface area contributed by atoms with Crippen molar-refractivity contribution in [1.82, 2.24) is 9.88 Å². The zero-order chi connectivity index (χ0) is 19.1. The van der Waals surface area contributed by atoms with Gasteiger partial charge < -0.3 is 14.1 Å². The number of nitrogens with zero attached hydrogens (tertiary/aromatic N) is 2. The van der Waals surface area contributed by atoms with E-state index < -0.39 is 23.4 Å². The highest BCUT2D eigenvalue weighted by Crippen LogP contribution is 2.52. The third-order valence-electron chi connectivity index (χ3n) is 5.66. The molecule has 1 aromatic heterocycles. The van der Waals surface area contributed by atoms with Gasteiger partial charge >= 0.3 is 6.18 Å². The van der Waals surface area contributed by atoms with E-state index in [1.165, 1.54) is 24.6 Å². The zero-order valence-electron chi connectivity index (χ0n) is 15.3. The van der Waals surface area contributed by atoms with Crippen LogP contribution >= 0.6 is 0 Å². The largest absolute Gasteiger partial charge is 0.446 e. The summed E-state index contributed by atoms with van der Waals surface area (Å²) in [5.74, 6) is 0.390. The Morgan fingerprint density at radius 2 is 2.04 bits per heavy atom. The standard InChI is InChI=1S/C20H23F3N2O2/c1-2-3-9-25-10-6-19(7-11-25)16-13-14(20(21,22)23)4-5-15(16)17(27-19)18-24-8-12-26-18/h4-5,8,12-13,17H,2-3,6-7,9-11H2,1H3. The summed E-state index contributed by atoms with van der Waals surface area (Å²) in [4.78, 5) is 6.54. The van der Waals surface area contributed by atoms with Crippen LogP contribution in [-0.2, 0) is 16.5 Å². The lowest BCUT2D eigenvalue weighted by Gasteiger charge is -2.39. The lowest BCUT2D eigenvalue weighted by atomic mass is 9.82. The Kier molecular flexibility index (Phi) is 4.76. The van der Waals surface area contributed by atoms with Crippen LogP contribution in [0.25, 0.3) is 0 Å². The van der Waals surface area contributed by atoms with Crippen molar-refractivity contribution >= 4 is 0 Å². The summed E-state index contributed by atoms with van der Waals surface area (Å²) in [6.07, 6.45) is 1.65. The molecule has 3 heterocycles. The van der Waals surface area contributed by atoms with E-state index >= 15 is 0 Å². The topological polar surface area (TPSA) is 38.5 Å². The number of likely N-dealkylation sites (tertiary alicyclic amines) is 1. The Morgan fingerprint density at radius 3 is 2.67 bits per heavy atom. The molecule has 0 aliphatic carbocycles. The van der Waals surface area contributed by atoms with E-state index in [-0.39, 0.29) is 0 Å². The van der Waals surface area contributed by atoms with Gasteiger partial charge in [0.15, 0.2) is 6.10 Å². The minimum absolute atomic E-state index is 0.390. The van der Waals surface area contributed by atoms with E-state index in [2.05, 4.69) is 16.8 Å². The fourth-order valence-corrected chi connectivity index (χ4v) is 4.16. The number of aromatic nitrogens is 1. The molecule has 4 rings (SSSR count). The molecule has 146 valence electrons. The first-order valence-electron chi connectivity index (χ1n) is 9.44. The number of fused-ring (bicyclic) bond motifs is 2. The first-order valence-corrected chi connectivity index (χ1v) is 9.44. The van der Waals surface area contributed by atoms with Gasteiger partial charge in [-0.2, -0.15) is 13.2 Å². The van der Waals surface area contributed by atoms with Gasteiger partial charge in [0, 0.05) is 13.1 Å². The van der Waals surface area contributed by atoms with Crippen LogP contribution in [0.4, 0.5) is 13.2 Å². The van der Waals surface area contributed by atoms with Gasteiger partial charge in [-0.1, -0.05) is 19.4 Å². The van der Waals surface area contributed by atoms with Crippen molar-refractivity contribution in [1.29, 1.82) is 0 Å². The van der Waals surface area contributed by atoms with Gasteiger partial charge in [0.2, 0.25) is 5.89 Å². The quantitative estimate of drug-likeness (QED) is 0.756. The van der Waals surface area contributed by atoms with Crippen LogP contribution in [0.15, 0.2) is 35.1 Å². The van der Waals surface area contributed by atoms with Crippen molar-refractivity contribution in [2.24, 2.45) is 0 Å². The van der Waals surface area contributed by atoms with Crippen molar-refractivity contribution in [3.8, 4) is 0 Å². The number of benzene rings is 1. The highest BCUT2D eigenvalue weighted by atomic mass is 19.4. The highest BCUT2D eigenvalue weighted by Gasteiger charge is 2.49. The maximum absolute atomic E-state index is 13.3. The summed E-state index contributed by atoms with van der Waals surface area (Å²) in [7, 11) is 0. The SMILES string of the molecule is CCCCN1CCC2(CC1)OC(c1ncco1)c1ccc(C(F)(F)F)cc12. The molecular formula is C20H23F3N2O2. The van der Waals surface area contributed by atoms with Crippen molar-refractivity contribution in [3.63, 3.8) is 0 Å². The van der Waals surface area contributed by atoms with Crippen molar-refractivity contribution in [2.75, 3.05) is 19.6 Å². The highest BCUT2D eigenvalue weighted by molar-refractivity contribution is 5.44. The zero-order valence-corrected chi connectivity index (χ0v) is 15.3. The van der Waals surface area contributed by atoms with Gasteiger partial charge in [-0.15, -0.1) is 0 Å². The van der Waals surface area contributed by atoms with Crippen LogP contribution in [-0.4, -0.2) is 29.5 Å². The number of rotatable bonds is 4. The molecule has 1 unspecified atom stereocenters. The number of unbranched alkanes of at least 4 members (excludes halogenated alkanes) is 1. The molecule has 0 saturated carbocycles. The fraction of sp³-hybridized carbons (Fsp3) is 0.550. The van der Waals surface area contributed by atoms with Gasteiger partial charge in [-0.3, -0.25) is 0 Å². The normalized spacial score (nSPS) is 22.3. The minimum Gasteiger partial charge on any atom is -0.446 e. The van der Waals surface area contributed by atoms with Crippen LogP contribution in [0.2, 0.25) is 0 Å². The van der Waals surface area contributed by atoms with E-state index in [1.807, 2.05) is 0 Å². The van der Waals surface area contributed by atoms with Crippen LogP contribution in [0, 0.1) is 0 Å². The van der Waals surface area contributed by atoms with Crippen molar-refractivity contribution in [2.45, 2.75) is 50.5 Å². The van der Waals surface area contributed by atoms with Gasteiger partial charge in [0.25, 0.3) is 0 Å². The Morgan fingerprint density at radius 1 is 1.26 bits per heavy atom. The maximum Gasteiger partial charge on any atom is 0.416 e. The van der Waals surface area contributed by atoms with Gasteiger partial charge in [0.05, 0.1) is 17.4 Å². The third-order valence-corrected chi connectivity index (χ3v) is 5.66. The lowest BCUT2D eigenvalue weighted by Crippen LogP contribution is -2.43. The number of hydrogen-bond donors (Lipinski definition) is 0. The molecule has 0 N–H and O–H groups in total. The van der Waals surface area contributed by atoms with Crippen LogP contribution in [0.3, 0.4) is 0 Å². The van der Waals surface area contributed by atoms with Gasteiger partial charge in [0.1, 0.15) is 6.26 Å². The van der Waals surface area contributed by atoms with Gasteiger partial charge in [-0.05, 0) is 49.1 Å². The molecule has 0 amide bonds. The summed E-state index contributed by atoms with van der Waals surface area (Å²) in [6.45, 7) is 4.80. The Balaban J connectivity index is 1.68. The van der Waals surface area contributed by atoms with E-state index in [0.29, 0.717) is 24.3 Å². The first kappa shape index (κ1) is 18.5. The average Bonchev–Trinajstić information content (AvgIpc) is 3.28. The molecule has 1 fully saturated rings. The third kappa shape index (κ3) is 3.38. The van der Waals surface area contributed by atoms with Crippen LogP contribution in [0.1, 0.15) is 61.3 Å². The van der Waals surface area contributed by atoms with Crippen LogP contribution < -0.4 is 0 Å². The molecule has 1 atom stereocenters. The summed E-state index contributed by atoms with van der Waals surface area (Å²) in [6, 6.07) is 3.90. The summed E-state index contributed by atoms with van der Waals surface area (Å²) < 4.78 is 51.7. The monoisotopic (exact) mass is 380 g/mol. The average molecular weight is 380 g/mol. The number of ether oxygens (including phenoxy) is 1. The predicted molar refractivity (Wildman–Crippen MR) is 93.1 cm³/mol.